The molecule has 3 nitrogen and oxygen atoms in total. The maximum Gasteiger partial charge on any atom is 0.146 e. The fourth-order valence-corrected chi connectivity index (χ4v) is 2.20. The van der Waals surface area contributed by atoms with Crippen LogP contribution in [0.15, 0.2) is 60.8 Å². The third kappa shape index (κ3) is 2.63. The number of fused-ring (bicyclic) bond motifs is 1. The van der Waals surface area contributed by atoms with Gasteiger partial charge in [-0.05, 0) is 36.7 Å². The predicted octanol–water partition coefficient (Wildman–Crippen LogP) is 3.53. The van der Waals surface area contributed by atoms with Crippen molar-refractivity contribution in [3.63, 3.8) is 0 Å². The minimum Gasteiger partial charge on any atom is -0.455 e. The van der Waals surface area contributed by atoms with Crippen molar-refractivity contribution in [3.05, 3.63) is 66.4 Å². The van der Waals surface area contributed by atoms with Crippen molar-refractivity contribution in [2.24, 2.45) is 5.73 Å². The second kappa shape index (κ2) is 5.72. The van der Waals surface area contributed by atoms with Gasteiger partial charge >= 0.3 is 0 Å². The molecule has 0 aliphatic heterocycles. The minimum absolute atomic E-state index is 0.607. The van der Waals surface area contributed by atoms with Crippen LogP contribution in [-0.4, -0.2) is 11.5 Å². The van der Waals surface area contributed by atoms with E-state index in [9.17, 15) is 0 Å². The van der Waals surface area contributed by atoms with Crippen LogP contribution in [0.1, 0.15) is 5.56 Å². The number of hydrogen-bond acceptors (Lipinski definition) is 3. The minimum atomic E-state index is 0.607. The van der Waals surface area contributed by atoms with Gasteiger partial charge in [-0.3, -0.25) is 4.98 Å². The van der Waals surface area contributed by atoms with E-state index >= 15 is 0 Å². The van der Waals surface area contributed by atoms with E-state index in [0.29, 0.717) is 6.54 Å². The first-order chi connectivity index (χ1) is 9.86. The van der Waals surface area contributed by atoms with E-state index in [4.69, 9.17) is 10.5 Å². The number of benzene rings is 2. The van der Waals surface area contributed by atoms with Crippen molar-refractivity contribution < 1.29 is 4.74 Å². The highest BCUT2D eigenvalue weighted by molar-refractivity contribution is 5.79. The molecule has 0 aliphatic rings. The van der Waals surface area contributed by atoms with Crippen LogP contribution in [-0.2, 0) is 6.42 Å². The first-order valence-corrected chi connectivity index (χ1v) is 6.67. The molecule has 2 N–H and O–H groups in total. The van der Waals surface area contributed by atoms with Gasteiger partial charge in [0, 0.05) is 5.39 Å². The maximum atomic E-state index is 5.95. The molecule has 0 amide bonds. The highest BCUT2D eigenvalue weighted by Crippen LogP contribution is 2.27. The molecule has 0 radical (unpaired) electrons. The van der Waals surface area contributed by atoms with Crippen molar-refractivity contribution in [1.82, 2.24) is 4.98 Å². The van der Waals surface area contributed by atoms with E-state index in [2.05, 4.69) is 4.98 Å². The number of ether oxygens (including phenoxy) is 1. The summed E-state index contributed by atoms with van der Waals surface area (Å²) in [4.78, 5) is 4.40. The Hall–Kier alpha value is -2.39. The Balaban J connectivity index is 1.93. The van der Waals surface area contributed by atoms with E-state index in [-0.39, 0.29) is 0 Å². The molecule has 20 heavy (non-hydrogen) atoms. The summed E-state index contributed by atoms with van der Waals surface area (Å²) in [5.41, 5.74) is 7.71. The lowest BCUT2D eigenvalue weighted by molar-refractivity contribution is 0.475. The highest BCUT2D eigenvalue weighted by Gasteiger charge is 2.04. The number of nitrogens with zero attached hydrogens (tertiary/aromatic N) is 1. The summed E-state index contributed by atoms with van der Waals surface area (Å²) in [6.45, 7) is 0.607. The molecule has 0 bridgehead atoms. The Morgan fingerprint density at radius 2 is 1.80 bits per heavy atom. The average Bonchev–Trinajstić information content (AvgIpc) is 2.49. The molecular formula is C17H16N2O. The van der Waals surface area contributed by atoms with Gasteiger partial charge in [0.15, 0.2) is 0 Å². The molecule has 0 fully saturated rings. The smallest absolute Gasteiger partial charge is 0.146 e. The van der Waals surface area contributed by atoms with Crippen LogP contribution in [0.3, 0.4) is 0 Å². The van der Waals surface area contributed by atoms with Gasteiger partial charge in [0.05, 0.1) is 11.7 Å². The van der Waals surface area contributed by atoms with Gasteiger partial charge < -0.3 is 10.5 Å². The summed E-state index contributed by atoms with van der Waals surface area (Å²) in [7, 11) is 0. The molecule has 0 spiro atoms. The lowest BCUT2D eigenvalue weighted by Crippen LogP contribution is -2.03. The molecule has 1 aromatic heterocycles. The zero-order valence-electron chi connectivity index (χ0n) is 11.1. The largest absolute Gasteiger partial charge is 0.455 e. The molecule has 0 unspecified atom stereocenters. The fraction of sp³-hybridized carbons (Fsp3) is 0.118. The summed E-state index contributed by atoms with van der Waals surface area (Å²) in [5, 5.41) is 1.07. The summed E-state index contributed by atoms with van der Waals surface area (Å²) >= 11 is 0. The Kier molecular flexibility index (Phi) is 3.61. The number of aromatic nitrogens is 1. The Morgan fingerprint density at radius 1 is 1.00 bits per heavy atom. The molecule has 1 heterocycles. The quantitative estimate of drug-likeness (QED) is 0.784. The number of nitrogens with two attached hydrogens (primary N) is 1. The normalized spacial score (nSPS) is 10.7. The molecule has 3 heteroatoms. The van der Waals surface area contributed by atoms with E-state index in [1.807, 2.05) is 54.6 Å². The average molecular weight is 264 g/mol. The van der Waals surface area contributed by atoms with Crippen molar-refractivity contribution in [2.45, 2.75) is 6.42 Å². The standard InChI is InChI=1S/C17H16N2O/c18-10-9-13-5-2-4-8-17(13)20-15-11-14-6-1-3-7-16(14)19-12-15/h1-8,11-12H,9-10,18H2. The van der Waals surface area contributed by atoms with Crippen LogP contribution in [0.4, 0.5) is 0 Å². The SMILES string of the molecule is NCCc1ccccc1Oc1cnc2ccccc2c1. The van der Waals surface area contributed by atoms with Crippen LogP contribution < -0.4 is 10.5 Å². The van der Waals surface area contributed by atoms with Crippen molar-refractivity contribution in [1.29, 1.82) is 0 Å². The zero-order chi connectivity index (χ0) is 13.8. The van der Waals surface area contributed by atoms with Crippen LogP contribution in [0, 0.1) is 0 Å². The van der Waals surface area contributed by atoms with Crippen molar-refractivity contribution >= 4 is 10.9 Å². The van der Waals surface area contributed by atoms with E-state index in [0.717, 1.165) is 34.4 Å². The second-order valence-electron chi connectivity index (χ2n) is 4.61. The number of pyridine rings is 1. The fourth-order valence-electron chi connectivity index (χ4n) is 2.20. The first kappa shape index (κ1) is 12.6. The van der Waals surface area contributed by atoms with Gasteiger partial charge in [-0.1, -0.05) is 36.4 Å². The van der Waals surface area contributed by atoms with Gasteiger partial charge in [0.2, 0.25) is 0 Å². The van der Waals surface area contributed by atoms with Crippen LogP contribution in [0.25, 0.3) is 10.9 Å². The third-order valence-electron chi connectivity index (χ3n) is 3.18. The summed E-state index contributed by atoms with van der Waals surface area (Å²) in [6, 6.07) is 17.9. The Morgan fingerprint density at radius 3 is 2.70 bits per heavy atom. The van der Waals surface area contributed by atoms with Gasteiger partial charge in [0.25, 0.3) is 0 Å². The highest BCUT2D eigenvalue weighted by atomic mass is 16.5. The zero-order valence-corrected chi connectivity index (χ0v) is 11.1. The third-order valence-corrected chi connectivity index (χ3v) is 3.18. The molecule has 2 aromatic carbocycles. The van der Waals surface area contributed by atoms with Gasteiger partial charge in [-0.25, -0.2) is 0 Å². The number of hydrogen-bond donors (Lipinski definition) is 1. The van der Waals surface area contributed by atoms with Gasteiger partial charge in [0.1, 0.15) is 11.5 Å². The molecule has 0 aliphatic carbocycles. The molecule has 3 aromatic rings. The van der Waals surface area contributed by atoms with Crippen molar-refractivity contribution in [3.8, 4) is 11.5 Å². The predicted molar refractivity (Wildman–Crippen MR) is 81.0 cm³/mol. The lowest BCUT2D eigenvalue weighted by Gasteiger charge is -2.10. The number of rotatable bonds is 4. The van der Waals surface area contributed by atoms with E-state index in [1.165, 1.54) is 0 Å². The topological polar surface area (TPSA) is 48.1 Å². The molecule has 0 saturated heterocycles. The van der Waals surface area contributed by atoms with Crippen LogP contribution in [0.2, 0.25) is 0 Å². The van der Waals surface area contributed by atoms with Crippen molar-refractivity contribution in [2.75, 3.05) is 6.54 Å². The molecule has 100 valence electrons. The molecule has 0 saturated carbocycles. The Labute approximate surface area is 118 Å². The summed E-state index contributed by atoms with van der Waals surface area (Å²) in [6.07, 6.45) is 2.55. The summed E-state index contributed by atoms with van der Waals surface area (Å²) < 4.78 is 5.95. The van der Waals surface area contributed by atoms with Gasteiger partial charge in [-0.15, -0.1) is 0 Å². The summed E-state index contributed by atoms with van der Waals surface area (Å²) in [5.74, 6) is 1.59. The first-order valence-electron chi connectivity index (χ1n) is 6.67. The van der Waals surface area contributed by atoms with Crippen LogP contribution >= 0.6 is 0 Å². The maximum absolute atomic E-state index is 5.95. The molecule has 0 atom stereocenters. The number of para-hydroxylation sites is 2. The molecule has 3 rings (SSSR count). The van der Waals surface area contributed by atoms with E-state index < -0.39 is 0 Å². The van der Waals surface area contributed by atoms with Gasteiger partial charge in [-0.2, -0.15) is 0 Å². The molecular weight excluding hydrogens is 248 g/mol. The lowest BCUT2D eigenvalue weighted by atomic mass is 10.1. The van der Waals surface area contributed by atoms with E-state index in [1.54, 1.807) is 6.20 Å². The monoisotopic (exact) mass is 264 g/mol. The second-order valence-corrected chi connectivity index (χ2v) is 4.61. The van der Waals surface area contributed by atoms with Crippen LogP contribution in [0.5, 0.6) is 11.5 Å². The Bertz CT molecular complexity index is 725.